The number of alkyl halides is 1. The van der Waals surface area contributed by atoms with E-state index in [0.717, 1.165) is 6.21 Å². The molecule has 0 amide bonds. The molecule has 1 aromatic rings. The summed E-state index contributed by atoms with van der Waals surface area (Å²) in [6.07, 6.45) is 1.46. The number of rotatable bonds is 2. The van der Waals surface area contributed by atoms with Gasteiger partial charge in [0.1, 0.15) is 11.4 Å². The molecule has 0 unspecified atom stereocenters. The summed E-state index contributed by atoms with van der Waals surface area (Å²) in [5.41, 5.74) is 0.367. The van der Waals surface area contributed by atoms with Crippen LogP contribution in [0.2, 0.25) is 0 Å². The molecule has 0 radical (unpaired) electrons. The van der Waals surface area contributed by atoms with E-state index in [9.17, 15) is 4.39 Å². The number of aromatic nitrogens is 1. The number of halogens is 2. The molecule has 0 aliphatic heterocycles. The summed E-state index contributed by atoms with van der Waals surface area (Å²) >= 11 is 5.44. The Hall–Kier alpha value is -1.60. The Morgan fingerprint density at radius 2 is 2.40 bits per heavy atom. The van der Waals surface area contributed by atoms with Gasteiger partial charge < -0.3 is 5.21 Å². The molecule has 0 saturated carbocycles. The maximum Gasteiger partial charge on any atom is 0.150 e. The summed E-state index contributed by atoms with van der Waals surface area (Å²) in [6.45, 7) is 0. The quantitative estimate of drug-likeness (QED) is 0.276. The zero-order chi connectivity index (χ0) is 11.1. The second-order valence-corrected chi connectivity index (χ2v) is 2.93. The van der Waals surface area contributed by atoms with Crippen molar-refractivity contribution < 1.29 is 9.60 Å². The van der Waals surface area contributed by atoms with Crippen LogP contribution in [0.4, 0.5) is 4.39 Å². The van der Waals surface area contributed by atoms with Crippen molar-refractivity contribution in [2.24, 2.45) is 5.16 Å². The highest BCUT2D eigenvalue weighted by atomic mass is 35.5. The Morgan fingerprint density at radius 3 is 3.07 bits per heavy atom. The van der Waals surface area contributed by atoms with Crippen LogP contribution in [0.25, 0.3) is 0 Å². The Morgan fingerprint density at radius 1 is 1.60 bits per heavy atom. The number of pyridine rings is 1. The maximum absolute atomic E-state index is 13.0. The van der Waals surface area contributed by atoms with Gasteiger partial charge in [0.25, 0.3) is 0 Å². The first-order valence-electron chi connectivity index (χ1n) is 4.16. The van der Waals surface area contributed by atoms with E-state index < -0.39 is 5.82 Å². The van der Waals surface area contributed by atoms with Gasteiger partial charge in [-0.3, -0.25) is 0 Å². The van der Waals surface area contributed by atoms with Gasteiger partial charge in [-0.25, -0.2) is 9.37 Å². The summed E-state index contributed by atoms with van der Waals surface area (Å²) in [5.74, 6) is 5.37. The van der Waals surface area contributed by atoms with Gasteiger partial charge in [0.15, 0.2) is 5.82 Å². The lowest BCUT2D eigenvalue weighted by Crippen LogP contribution is -1.95. The van der Waals surface area contributed by atoms with E-state index >= 15 is 0 Å². The van der Waals surface area contributed by atoms with Gasteiger partial charge in [-0.1, -0.05) is 11.1 Å². The molecule has 3 nitrogen and oxygen atoms in total. The molecule has 0 saturated heterocycles. The predicted octanol–water partition coefficient (Wildman–Crippen LogP) is 2.01. The number of hydrogen-bond donors (Lipinski definition) is 1. The SMILES string of the molecule is ON=Cc1nc(C#CCCCl)ccc1F. The van der Waals surface area contributed by atoms with Gasteiger partial charge in [-0.05, 0) is 18.1 Å². The smallest absolute Gasteiger partial charge is 0.150 e. The van der Waals surface area contributed by atoms with Crippen LogP contribution in [-0.2, 0) is 0 Å². The van der Waals surface area contributed by atoms with Crippen LogP contribution in [0.1, 0.15) is 17.8 Å². The molecule has 1 N–H and O–H groups in total. The van der Waals surface area contributed by atoms with Crippen molar-refractivity contribution in [3.05, 3.63) is 29.3 Å². The van der Waals surface area contributed by atoms with Gasteiger partial charge in [0, 0.05) is 12.3 Å². The van der Waals surface area contributed by atoms with Crippen molar-refractivity contribution in [3.8, 4) is 11.8 Å². The normalized spacial score (nSPS) is 10.0. The minimum Gasteiger partial charge on any atom is -0.411 e. The summed E-state index contributed by atoms with van der Waals surface area (Å²) < 4.78 is 13.0. The minimum absolute atomic E-state index is 0.0461. The third-order valence-electron chi connectivity index (χ3n) is 1.49. The monoisotopic (exact) mass is 226 g/mol. The van der Waals surface area contributed by atoms with Crippen LogP contribution in [0.15, 0.2) is 17.3 Å². The maximum atomic E-state index is 13.0. The third kappa shape index (κ3) is 3.56. The molecule has 0 aliphatic rings. The van der Waals surface area contributed by atoms with Crippen molar-refractivity contribution in [2.45, 2.75) is 6.42 Å². The highest BCUT2D eigenvalue weighted by Crippen LogP contribution is 2.03. The van der Waals surface area contributed by atoms with Gasteiger partial charge in [-0.15, -0.1) is 11.6 Å². The zero-order valence-corrected chi connectivity index (χ0v) is 8.50. The number of hydrogen-bond acceptors (Lipinski definition) is 3. The van der Waals surface area contributed by atoms with Gasteiger partial charge in [-0.2, -0.15) is 0 Å². The van der Waals surface area contributed by atoms with Crippen molar-refractivity contribution in [1.82, 2.24) is 4.98 Å². The van der Waals surface area contributed by atoms with Crippen LogP contribution in [-0.4, -0.2) is 22.3 Å². The first-order valence-corrected chi connectivity index (χ1v) is 4.70. The van der Waals surface area contributed by atoms with E-state index in [4.69, 9.17) is 16.8 Å². The van der Waals surface area contributed by atoms with Crippen LogP contribution in [0.5, 0.6) is 0 Å². The Labute approximate surface area is 91.6 Å². The number of oxime groups is 1. The first kappa shape index (κ1) is 11.5. The average Bonchev–Trinajstić information content (AvgIpc) is 2.23. The molecular formula is C10H8ClFN2O. The average molecular weight is 227 g/mol. The van der Waals surface area contributed by atoms with Crippen LogP contribution in [0.3, 0.4) is 0 Å². The van der Waals surface area contributed by atoms with Gasteiger partial charge in [0.05, 0.1) is 6.21 Å². The van der Waals surface area contributed by atoms with E-state index in [0.29, 0.717) is 18.0 Å². The summed E-state index contributed by atoms with van der Waals surface area (Å²) in [5, 5.41) is 11.0. The third-order valence-corrected chi connectivity index (χ3v) is 1.68. The van der Waals surface area contributed by atoms with E-state index in [1.807, 2.05) is 0 Å². The zero-order valence-electron chi connectivity index (χ0n) is 7.74. The molecule has 0 bridgehead atoms. The Kier molecular flexibility index (Phi) is 4.58. The van der Waals surface area contributed by atoms with E-state index in [1.165, 1.54) is 12.1 Å². The first-order chi connectivity index (χ1) is 7.27. The highest BCUT2D eigenvalue weighted by Gasteiger charge is 2.01. The molecular weight excluding hydrogens is 219 g/mol. The predicted molar refractivity (Wildman–Crippen MR) is 55.8 cm³/mol. The fourth-order valence-electron chi connectivity index (χ4n) is 0.873. The molecule has 1 aromatic heterocycles. The topological polar surface area (TPSA) is 45.5 Å². The molecule has 0 aromatic carbocycles. The second-order valence-electron chi connectivity index (χ2n) is 2.55. The van der Waals surface area contributed by atoms with Gasteiger partial charge in [0.2, 0.25) is 0 Å². The summed E-state index contributed by atoms with van der Waals surface area (Å²) in [7, 11) is 0. The fourth-order valence-corrected chi connectivity index (χ4v) is 0.968. The molecule has 0 atom stereocenters. The standard InChI is InChI=1S/C10H8ClFN2O/c11-6-2-1-3-8-4-5-9(12)10(14-8)7-13-15/h4-5,7,15H,2,6H2. The van der Waals surface area contributed by atoms with E-state index in [2.05, 4.69) is 22.0 Å². The van der Waals surface area contributed by atoms with Crippen molar-refractivity contribution in [2.75, 3.05) is 5.88 Å². The molecule has 15 heavy (non-hydrogen) atoms. The Bertz CT molecular complexity index is 423. The molecule has 0 aliphatic carbocycles. The highest BCUT2D eigenvalue weighted by molar-refractivity contribution is 6.18. The van der Waals surface area contributed by atoms with Gasteiger partial charge >= 0.3 is 0 Å². The van der Waals surface area contributed by atoms with Crippen molar-refractivity contribution in [1.29, 1.82) is 0 Å². The van der Waals surface area contributed by atoms with E-state index in [1.54, 1.807) is 0 Å². The molecule has 5 heteroatoms. The summed E-state index contributed by atoms with van der Waals surface area (Å²) in [4.78, 5) is 3.83. The molecule has 78 valence electrons. The molecule has 0 fully saturated rings. The Balaban J connectivity index is 2.93. The van der Waals surface area contributed by atoms with Crippen molar-refractivity contribution in [3.63, 3.8) is 0 Å². The fraction of sp³-hybridized carbons (Fsp3) is 0.200. The van der Waals surface area contributed by atoms with Crippen LogP contribution in [0, 0.1) is 17.7 Å². The molecule has 0 spiro atoms. The van der Waals surface area contributed by atoms with Crippen molar-refractivity contribution >= 4 is 17.8 Å². The van der Waals surface area contributed by atoms with Crippen LogP contribution < -0.4 is 0 Å². The van der Waals surface area contributed by atoms with Crippen LogP contribution >= 0.6 is 11.6 Å². The molecule has 1 rings (SSSR count). The molecule has 1 heterocycles. The largest absolute Gasteiger partial charge is 0.411 e. The lowest BCUT2D eigenvalue weighted by molar-refractivity contribution is 0.321. The lowest BCUT2D eigenvalue weighted by Gasteiger charge is -1.95. The summed E-state index contributed by atoms with van der Waals surface area (Å²) in [6, 6.07) is 2.67. The number of nitrogens with zero attached hydrogens (tertiary/aromatic N) is 2. The van der Waals surface area contributed by atoms with E-state index in [-0.39, 0.29) is 5.69 Å². The lowest BCUT2D eigenvalue weighted by atomic mass is 10.3. The minimum atomic E-state index is -0.560. The second kappa shape index (κ2) is 5.99.